The summed E-state index contributed by atoms with van der Waals surface area (Å²) >= 11 is 0. The number of amides is 3. The third-order valence-electron chi connectivity index (χ3n) is 5.06. The van der Waals surface area contributed by atoms with Crippen LogP contribution in [0.4, 0.5) is 0 Å². The highest BCUT2D eigenvalue weighted by Gasteiger charge is 2.27. The number of aromatic nitrogens is 2. The minimum Gasteiger partial charge on any atom is -0.467 e. The van der Waals surface area contributed by atoms with Crippen LogP contribution >= 0.6 is 0 Å². The van der Waals surface area contributed by atoms with Gasteiger partial charge in [0.25, 0.3) is 5.91 Å². The summed E-state index contributed by atoms with van der Waals surface area (Å²) in [5.41, 5.74) is 6.28. The number of aryl methyl sites for hydroxylation is 1. The van der Waals surface area contributed by atoms with Crippen LogP contribution in [0.5, 0.6) is 0 Å². The summed E-state index contributed by atoms with van der Waals surface area (Å²) in [5.74, 6) is -0.231. The third-order valence-corrected chi connectivity index (χ3v) is 5.06. The molecular weight excluding hydrogens is 374 g/mol. The van der Waals surface area contributed by atoms with E-state index in [1.165, 1.54) is 23.6 Å². The summed E-state index contributed by atoms with van der Waals surface area (Å²) in [6, 6.07) is 3.52. The van der Waals surface area contributed by atoms with Gasteiger partial charge in [0.05, 0.1) is 24.7 Å². The van der Waals surface area contributed by atoms with E-state index in [9.17, 15) is 14.4 Å². The lowest BCUT2D eigenvalue weighted by Crippen LogP contribution is -2.43. The Morgan fingerprint density at radius 3 is 2.59 bits per heavy atom. The molecule has 1 aliphatic rings. The number of hydrogen-bond donors (Lipinski definition) is 1. The van der Waals surface area contributed by atoms with Crippen LogP contribution in [0.2, 0.25) is 0 Å². The van der Waals surface area contributed by atoms with E-state index in [0.717, 1.165) is 0 Å². The van der Waals surface area contributed by atoms with Crippen molar-refractivity contribution in [1.29, 1.82) is 0 Å². The van der Waals surface area contributed by atoms with Gasteiger partial charge < -0.3 is 20.0 Å². The van der Waals surface area contributed by atoms with Crippen LogP contribution in [0.1, 0.15) is 41.2 Å². The second-order valence-corrected chi connectivity index (χ2v) is 7.16. The Kier molecular flexibility index (Phi) is 6.58. The fourth-order valence-electron chi connectivity index (χ4n) is 3.31. The van der Waals surface area contributed by atoms with Gasteiger partial charge in [-0.1, -0.05) is 0 Å². The predicted octanol–water partition coefficient (Wildman–Crippen LogP) is 1.13. The average molecular weight is 399 g/mol. The summed E-state index contributed by atoms with van der Waals surface area (Å²) in [5, 5.41) is 0. The zero-order valence-corrected chi connectivity index (χ0v) is 16.4. The number of likely N-dealkylation sites (tertiary alicyclic amines) is 1. The lowest BCUT2D eigenvalue weighted by Gasteiger charge is -2.31. The van der Waals surface area contributed by atoms with Crippen LogP contribution < -0.4 is 5.73 Å². The van der Waals surface area contributed by atoms with Crippen molar-refractivity contribution in [2.75, 3.05) is 19.6 Å². The second-order valence-electron chi connectivity index (χ2n) is 7.16. The fourth-order valence-corrected chi connectivity index (χ4v) is 3.31. The molecule has 9 nitrogen and oxygen atoms in total. The van der Waals surface area contributed by atoms with E-state index in [0.29, 0.717) is 37.4 Å². The van der Waals surface area contributed by atoms with Gasteiger partial charge in [-0.05, 0) is 31.9 Å². The number of nitrogens with zero attached hydrogens (tertiary/aromatic N) is 4. The van der Waals surface area contributed by atoms with E-state index >= 15 is 0 Å². The number of piperidine rings is 1. The van der Waals surface area contributed by atoms with Crippen molar-refractivity contribution < 1.29 is 18.8 Å². The first-order valence-corrected chi connectivity index (χ1v) is 9.61. The highest BCUT2D eigenvalue weighted by Crippen LogP contribution is 2.18. The highest BCUT2D eigenvalue weighted by molar-refractivity contribution is 5.92. The summed E-state index contributed by atoms with van der Waals surface area (Å²) < 4.78 is 5.36. The normalized spacial score (nSPS) is 14.6. The Balaban J connectivity index is 1.62. The molecular formula is C20H25N5O4. The van der Waals surface area contributed by atoms with Crippen molar-refractivity contribution in [2.45, 2.75) is 32.7 Å². The molecule has 2 N–H and O–H groups in total. The van der Waals surface area contributed by atoms with Gasteiger partial charge in [-0.2, -0.15) is 0 Å². The maximum absolute atomic E-state index is 12.9. The zero-order chi connectivity index (χ0) is 20.8. The first-order chi connectivity index (χ1) is 13.9. The molecule has 3 rings (SSSR count). The molecule has 3 amide bonds. The number of nitrogens with two attached hydrogens (primary N) is 1. The van der Waals surface area contributed by atoms with Crippen molar-refractivity contribution in [3.05, 3.63) is 47.9 Å². The first kappa shape index (κ1) is 20.5. The zero-order valence-electron chi connectivity index (χ0n) is 16.4. The summed E-state index contributed by atoms with van der Waals surface area (Å²) in [6.45, 7) is 3.26. The third kappa shape index (κ3) is 5.40. The number of rotatable bonds is 7. The first-order valence-electron chi connectivity index (χ1n) is 9.61. The Hall–Kier alpha value is -3.23. The van der Waals surface area contributed by atoms with Crippen LogP contribution in [0.25, 0.3) is 0 Å². The minimum atomic E-state index is -0.313. The molecule has 0 atom stereocenters. The van der Waals surface area contributed by atoms with Crippen LogP contribution in [0.3, 0.4) is 0 Å². The minimum absolute atomic E-state index is 0.0554. The summed E-state index contributed by atoms with van der Waals surface area (Å²) in [4.78, 5) is 48.3. The molecule has 9 heteroatoms. The van der Waals surface area contributed by atoms with E-state index < -0.39 is 0 Å². The lowest BCUT2D eigenvalue weighted by molar-refractivity contribution is -0.135. The van der Waals surface area contributed by atoms with Crippen LogP contribution in [0.15, 0.2) is 35.2 Å². The number of primary amides is 1. The van der Waals surface area contributed by atoms with Crippen LogP contribution in [-0.4, -0.2) is 57.1 Å². The fraction of sp³-hybridized carbons (Fsp3) is 0.450. The smallest absolute Gasteiger partial charge is 0.274 e. The van der Waals surface area contributed by atoms with Gasteiger partial charge in [0.2, 0.25) is 11.8 Å². The van der Waals surface area contributed by atoms with Crippen LogP contribution in [0, 0.1) is 12.8 Å². The molecule has 2 aromatic heterocycles. The summed E-state index contributed by atoms with van der Waals surface area (Å²) in [7, 11) is 0. The Labute approximate surface area is 168 Å². The summed E-state index contributed by atoms with van der Waals surface area (Å²) in [6.07, 6.45) is 5.84. The van der Waals surface area contributed by atoms with Gasteiger partial charge in [-0.15, -0.1) is 0 Å². The monoisotopic (exact) mass is 399 g/mol. The molecule has 3 heterocycles. The quantitative estimate of drug-likeness (QED) is 0.745. The lowest BCUT2D eigenvalue weighted by atomic mass is 9.96. The topological polar surface area (TPSA) is 123 Å². The van der Waals surface area contributed by atoms with Gasteiger partial charge in [0, 0.05) is 38.2 Å². The van der Waals surface area contributed by atoms with Crippen molar-refractivity contribution in [3.8, 4) is 0 Å². The van der Waals surface area contributed by atoms with E-state index in [2.05, 4.69) is 9.97 Å². The van der Waals surface area contributed by atoms with Gasteiger partial charge >= 0.3 is 0 Å². The Morgan fingerprint density at radius 2 is 2.00 bits per heavy atom. The van der Waals surface area contributed by atoms with Gasteiger partial charge in [-0.3, -0.25) is 19.4 Å². The number of furan rings is 1. The molecule has 0 aliphatic carbocycles. The van der Waals surface area contributed by atoms with Crippen molar-refractivity contribution in [2.24, 2.45) is 11.7 Å². The number of carbonyl (C=O) groups excluding carboxylic acids is 3. The van der Waals surface area contributed by atoms with Crippen LogP contribution in [-0.2, 0) is 16.1 Å². The van der Waals surface area contributed by atoms with Gasteiger partial charge in [0.1, 0.15) is 11.5 Å². The molecule has 0 radical (unpaired) electrons. The average Bonchev–Trinajstić information content (AvgIpc) is 3.24. The van der Waals surface area contributed by atoms with E-state index in [-0.39, 0.29) is 48.8 Å². The maximum Gasteiger partial charge on any atom is 0.274 e. The van der Waals surface area contributed by atoms with Gasteiger partial charge in [0.15, 0.2) is 0 Å². The molecule has 154 valence electrons. The molecule has 1 aliphatic heterocycles. The molecule has 0 saturated carbocycles. The highest BCUT2D eigenvalue weighted by atomic mass is 16.3. The van der Waals surface area contributed by atoms with Crippen molar-refractivity contribution >= 4 is 17.7 Å². The number of carbonyl (C=O) groups is 3. The van der Waals surface area contributed by atoms with E-state index in [1.807, 2.05) is 0 Å². The maximum atomic E-state index is 12.9. The molecule has 1 fully saturated rings. The second kappa shape index (κ2) is 9.31. The molecule has 2 aromatic rings. The van der Waals surface area contributed by atoms with E-state index in [1.54, 1.807) is 24.0 Å². The Morgan fingerprint density at radius 1 is 1.24 bits per heavy atom. The molecule has 0 unspecified atom stereocenters. The molecule has 29 heavy (non-hydrogen) atoms. The standard InChI is InChI=1S/C20H25N5O4/c1-14-11-23-17(12-22-14)20(28)25(13-16-3-2-10-29-16)9-6-18(26)24-7-4-15(5-8-24)19(21)27/h2-3,10-12,15H,4-9,13H2,1H3,(H2,21,27). The van der Waals surface area contributed by atoms with Gasteiger partial charge in [-0.25, -0.2) is 4.98 Å². The predicted molar refractivity (Wildman–Crippen MR) is 103 cm³/mol. The Bertz CT molecular complexity index is 842. The molecule has 0 spiro atoms. The molecule has 0 bridgehead atoms. The van der Waals surface area contributed by atoms with Crippen molar-refractivity contribution in [1.82, 2.24) is 19.8 Å². The van der Waals surface area contributed by atoms with E-state index in [4.69, 9.17) is 10.2 Å². The largest absolute Gasteiger partial charge is 0.467 e. The molecule has 0 aromatic carbocycles. The number of hydrogen-bond acceptors (Lipinski definition) is 6. The molecule has 1 saturated heterocycles. The van der Waals surface area contributed by atoms with Crippen molar-refractivity contribution in [3.63, 3.8) is 0 Å². The SMILES string of the molecule is Cc1cnc(C(=O)N(CCC(=O)N2CCC(C(N)=O)CC2)Cc2ccco2)cn1.